The van der Waals surface area contributed by atoms with Gasteiger partial charge in [-0.25, -0.2) is 4.39 Å². The summed E-state index contributed by atoms with van der Waals surface area (Å²) in [5, 5.41) is 14.5. The first-order valence-electron chi connectivity index (χ1n) is 7.09. The summed E-state index contributed by atoms with van der Waals surface area (Å²) in [4.78, 5) is 23.3. The molecule has 0 saturated heterocycles. The van der Waals surface area contributed by atoms with Crippen LogP contribution in [0.2, 0.25) is 0 Å². The van der Waals surface area contributed by atoms with Crippen LogP contribution in [0.3, 0.4) is 0 Å². The minimum atomic E-state index is -0.912. The van der Waals surface area contributed by atoms with E-state index in [1.54, 1.807) is 6.07 Å². The Labute approximate surface area is 122 Å². The van der Waals surface area contributed by atoms with Crippen molar-refractivity contribution in [1.82, 2.24) is 5.32 Å². The number of anilines is 1. The highest BCUT2D eigenvalue weighted by Gasteiger charge is 2.24. The fourth-order valence-electron chi connectivity index (χ4n) is 2.47. The second-order valence-corrected chi connectivity index (χ2v) is 5.26. The molecule has 21 heavy (non-hydrogen) atoms. The predicted octanol–water partition coefficient (Wildman–Crippen LogP) is 1.43. The van der Waals surface area contributed by atoms with Gasteiger partial charge in [0.2, 0.25) is 0 Å². The lowest BCUT2D eigenvalue weighted by atomic mass is 9.86. The summed E-state index contributed by atoms with van der Waals surface area (Å²) in [5.41, 5.74) is -0.0321. The topological polar surface area (TPSA) is 78.4 Å². The van der Waals surface area contributed by atoms with Crippen LogP contribution >= 0.6 is 0 Å². The average molecular weight is 294 g/mol. The maximum atomic E-state index is 13.4. The Bertz CT molecular complexity index is 521. The Morgan fingerprint density at radius 2 is 1.90 bits per heavy atom. The molecule has 0 bridgehead atoms. The second kappa shape index (κ2) is 7.17. The standard InChI is InChI=1S/C15H19FN2O3/c16-11-6-2-3-7-12(11)18-15(21)14(20)17-9-10-5-1-4-8-13(10)19/h2-3,6-7,10,13,19H,1,4-5,8-9H2,(H,17,20)(H,18,21)/t10-,13+/m0/s1. The van der Waals surface area contributed by atoms with Gasteiger partial charge in [-0.1, -0.05) is 25.0 Å². The minimum Gasteiger partial charge on any atom is -0.393 e. The molecule has 0 aromatic heterocycles. The number of para-hydroxylation sites is 1. The van der Waals surface area contributed by atoms with Crippen molar-refractivity contribution < 1.29 is 19.1 Å². The van der Waals surface area contributed by atoms with Crippen LogP contribution in [0, 0.1) is 11.7 Å². The van der Waals surface area contributed by atoms with Crippen molar-refractivity contribution in [2.45, 2.75) is 31.8 Å². The molecule has 2 amide bonds. The van der Waals surface area contributed by atoms with Gasteiger partial charge in [0.05, 0.1) is 11.8 Å². The average Bonchev–Trinajstić information content (AvgIpc) is 2.48. The van der Waals surface area contributed by atoms with Crippen LogP contribution in [0.4, 0.5) is 10.1 Å². The van der Waals surface area contributed by atoms with Crippen LogP contribution in [0.1, 0.15) is 25.7 Å². The second-order valence-electron chi connectivity index (χ2n) is 5.26. The van der Waals surface area contributed by atoms with Crippen molar-refractivity contribution in [3.8, 4) is 0 Å². The smallest absolute Gasteiger partial charge is 0.313 e. The summed E-state index contributed by atoms with van der Waals surface area (Å²) in [6.07, 6.45) is 3.12. The zero-order valence-corrected chi connectivity index (χ0v) is 11.6. The lowest BCUT2D eigenvalue weighted by Gasteiger charge is -2.27. The summed E-state index contributed by atoms with van der Waals surface area (Å²) < 4.78 is 13.4. The van der Waals surface area contributed by atoms with E-state index >= 15 is 0 Å². The van der Waals surface area contributed by atoms with Crippen molar-refractivity contribution >= 4 is 17.5 Å². The molecule has 2 rings (SSSR count). The Balaban J connectivity index is 1.83. The van der Waals surface area contributed by atoms with Gasteiger partial charge in [-0.15, -0.1) is 0 Å². The van der Waals surface area contributed by atoms with Gasteiger partial charge in [0.15, 0.2) is 0 Å². The number of benzene rings is 1. The first-order chi connectivity index (χ1) is 10.1. The molecular formula is C15H19FN2O3. The number of carbonyl (C=O) groups excluding carboxylic acids is 2. The quantitative estimate of drug-likeness (QED) is 0.738. The number of hydrogen-bond donors (Lipinski definition) is 3. The third kappa shape index (κ3) is 4.26. The summed E-state index contributed by atoms with van der Waals surface area (Å²) in [6.45, 7) is 0.255. The van der Waals surface area contributed by atoms with E-state index in [-0.39, 0.29) is 18.2 Å². The summed E-state index contributed by atoms with van der Waals surface area (Å²) >= 11 is 0. The summed E-state index contributed by atoms with van der Waals surface area (Å²) in [7, 11) is 0. The van der Waals surface area contributed by atoms with Gasteiger partial charge < -0.3 is 15.7 Å². The number of hydrogen-bond acceptors (Lipinski definition) is 3. The van der Waals surface area contributed by atoms with Crippen LogP contribution in [-0.2, 0) is 9.59 Å². The maximum absolute atomic E-state index is 13.4. The number of halogens is 1. The third-order valence-electron chi connectivity index (χ3n) is 3.72. The lowest BCUT2D eigenvalue weighted by molar-refractivity contribution is -0.136. The molecule has 1 fully saturated rings. The Morgan fingerprint density at radius 1 is 1.19 bits per heavy atom. The number of carbonyl (C=O) groups is 2. The molecular weight excluding hydrogens is 275 g/mol. The minimum absolute atomic E-state index is 0.0241. The van der Waals surface area contributed by atoms with Crippen molar-refractivity contribution in [3.63, 3.8) is 0 Å². The molecule has 1 saturated carbocycles. The van der Waals surface area contributed by atoms with Crippen molar-refractivity contribution in [1.29, 1.82) is 0 Å². The highest BCUT2D eigenvalue weighted by atomic mass is 19.1. The third-order valence-corrected chi connectivity index (χ3v) is 3.72. The molecule has 0 radical (unpaired) electrons. The van der Waals surface area contributed by atoms with Crippen LogP contribution in [0.5, 0.6) is 0 Å². The predicted molar refractivity (Wildman–Crippen MR) is 76.0 cm³/mol. The summed E-state index contributed by atoms with van der Waals surface area (Å²) in [6, 6.07) is 5.64. The molecule has 5 nitrogen and oxygen atoms in total. The van der Waals surface area contributed by atoms with Crippen LogP contribution < -0.4 is 10.6 Å². The normalized spacial score (nSPS) is 21.6. The number of amides is 2. The van der Waals surface area contributed by atoms with Gasteiger partial charge in [-0.05, 0) is 25.0 Å². The van der Waals surface area contributed by atoms with E-state index < -0.39 is 23.7 Å². The highest BCUT2D eigenvalue weighted by molar-refractivity contribution is 6.39. The highest BCUT2D eigenvalue weighted by Crippen LogP contribution is 2.23. The fraction of sp³-hybridized carbons (Fsp3) is 0.467. The van der Waals surface area contributed by atoms with Crippen molar-refractivity contribution in [2.24, 2.45) is 5.92 Å². The zero-order chi connectivity index (χ0) is 15.2. The number of nitrogens with one attached hydrogen (secondary N) is 2. The van der Waals surface area contributed by atoms with Gasteiger partial charge in [0.25, 0.3) is 0 Å². The molecule has 1 aromatic rings. The SMILES string of the molecule is O=C(NC[C@@H]1CCCC[C@H]1O)C(=O)Nc1ccccc1F. The molecule has 0 spiro atoms. The van der Waals surface area contributed by atoms with Gasteiger partial charge in [0, 0.05) is 12.5 Å². The molecule has 1 aliphatic carbocycles. The molecule has 3 N–H and O–H groups in total. The first kappa shape index (κ1) is 15.4. The largest absolute Gasteiger partial charge is 0.393 e. The molecule has 0 heterocycles. The van der Waals surface area contributed by atoms with Gasteiger partial charge in [0.1, 0.15) is 5.82 Å². The van der Waals surface area contributed by atoms with Crippen LogP contribution in [0.15, 0.2) is 24.3 Å². The molecule has 1 aromatic carbocycles. The Morgan fingerprint density at radius 3 is 2.62 bits per heavy atom. The monoisotopic (exact) mass is 294 g/mol. The fourth-order valence-corrected chi connectivity index (χ4v) is 2.47. The van der Waals surface area contributed by atoms with Gasteiger partial charge in [-0.3, -0.25) is 9.59 Å². The Kier molecular flexibility index (Phi) is 5.27. The lowest BCUT2D eigenvalue weighted by Crippen LogP contribution is -2.41. The molecule has 0 aliphatic heterocycles. The van der Waals surface area contributed by atoms with E-state index in [2.05, 4.69) is 10.6 Å². The van der Waals surface area contributed by atoms with Crippen LogP contribution in [-0.4, -0.2) is 29.6 Å². The number of aliphatic hydroxyl groups is 1. The van der Waals surface area contributed by atoms with Crippen molar-refractivity contribution in [2.75, 3.05) is 11.9 Å². The van der Waals surface area contributed by atoms with E-state index in [1.165, 1.54) is 18.2 Å². The molecule has 114 valence electrons. The molecule has 6 heteroatoms. The molecule has 2 atom stereocenters. The number of rotatable bonds is 3. The van der Waals surface area contributed by atoms with Gasteiger partial charge >= 0.3 is 11.8 Å². The van der Waals surface area contributed by atoms with Gasteiger partial charge in [-0.2, -0.15) is 0 Å². The summed E-state index contributed by atoms with van der Waals surface area (Å²) in [5.74, 6) is -2.35. The maximum Gasteiger partial charge on any atom is 0.313 e. The molecule has 0 unspecified atom stereocenters. The van der Waals surface area contributed by atoms with Crippen LogP contribution in [0.25, 0.3) is 0 Å². The van der Waals surface area contributed by atoms with E-state index in [9.17, 15) is 19.1 Å². The molecule has 1 aliphatic rings. The van der Waals surface area contributed by atoms with E-state index in [1.807, 2.05) is 0 Å². The first-order valence-corrected chi connectivity index (χ1v) is 7.09. The Hall–Kier alpha value is -1.95. The number of aliphatic hydroxyl groups excluding tert-OH is 1. The van der Waals surface area contributed by atoms with E-state index in [4.69, 9.17) is 0 Å². The van der Waals surface area contributed by atoms with Crippen molar-refractivity contribution in [3.05, 3.63) is 30.1 Å². The van der Waals surface area contributed by atoms with E-state index in [0.29, 0.717) is 0 Å². The van der Waals surface area contributed by atoms with E-state index in [0.717, 1.165) is 25.7 Å². The zero-order valence-electron chi connectivity index (χ0n) is 11.6.